The second-order valence-corrected chi connectivity index (χ2v) is 11.5. The topological polar surface area (TPSA) is 34.0 Å². The predicted octanol–water partition coefficient (Wildman–Crippen LogP) is 10.9. The summed E-state index contributed by atoms with van der Waals surface area (Å²) in [6.07, 6.45) is 0. The molecule has 46 heavy (non-hydrogen) atoms. The lowest BCUT2D eigenvalue weighted by molar-refractivity contribution is 1.05. The summed E-state index contributed by atoms with van der Waals surface area (Å²) in [4.78, 5) is 12.7. The van der Waals surface area contributed by atoms with Crippen molar-refractivity contribution in [3.8, 4) is 50.5 Å². The third-order valence-electron chi connectivity index (χ3n) is 8.73. The van der Waals surface area contributed by atoms with Crippen LogP contribution in [0, 0.1) is 0 Å². The van der Waals surface area contributed by atoms with Crippen molar-refractivity contribution >= 4 is 28.4 Å². The summed E-state index contributed by atoms with van der Waals surface area (Å²) in [6, 6.07) is 59.6. The van der Waals surface area contributed by atoms with Crippen molar-refractivity contribution in [2.45, 2.75) is 0 Å². The van der Waals surface area contributed by atoms with Crippen LogP contribution in [0.2, 0.25) is 0 Å². The van der Waals surface area contributed by atoms with Crippen molar-refractivity contribution in [2.75, 3.05) is 4.90 Å². The lowest BCUT2D eigenvalue weighted by Gasteiger charge is -2.25. The molecule has 0 saturated heterocycles. The van der Waals surface area contributed by atoms with Crippen LogP contribution in [0.15, 0.2) is 170 Å². The molecule has 0 atom stereocenters. The zero-order valence-electron chi connectivity index (χ0n) is 25.0. The van der Waals surface area contributed by atoms with E-state index >= 15 is 0 Å². The number of anilines is 3. The highest BCUT2D eigenvalue weighted by molar-refractivity contribution is 5.97. The van der Waals surface area contributed by atoms with Crippen molar-refractivity contribution in [3.63, 3.8) is 0 Å². The summed E-state index contributed by atoms with van der Waals surface area (Å²) >= 11 is 0. The molecule has 8 aromatic rings. The molecule has 1 aliphatic rings. The maximum absolute atomic E-state index is 5.26. The fourth-order valence-electron chi connectivity index (χ4n) is 6.59. The highest BCUT2D eigenvalue weighted by Crippen LogP contribution is 2.48. The standard InChI is InChI=1S/C42H28N4/c1-3-14-29(15-4-1)37-27-32(28-38(43-37)30-16-5-2-6-17-30)31-18-13-19-33(26-31)45-39-23-10-7-20-34(39)35-21-8-11-24-40(35)46-41-25-12-9-22-36(41)44-42(45)46/h1-28H. The van der Waals surface area contributed by atoms with Crippen LogP contribution in [-0.2, 0) is 0 Å². The van der Waals surface area contributed by atoms with Crippen molar-refractivity contribution in [3.05, 3.63) is 170 Å². The number of pyridine rings is 1. The van der Waals surface area contributed by atoms with E-state index in [-0.39, 0.29) is 0 Å². The average molecular weight is 589 g/mol. The Hall–Kier alpha value is -6.26. The van der Waals surface area contributed by atoms with Crippen LogP contribution in [0.5, 0.6) is 0 Å². The molecule has 0 amide bonds. The Kier molecular flexibility index (Phi) is 6.10. The molecule has 0 radical (unpaired) electrons. The van der Waals surface area contributed by atoms with Gasteiger partial charge in [0.15, 0.2) is 0 Å². The van der Waals surface area contributed by atoms with Gasteiger partial charge >= 0.3 is 0 Å². The molecule has 0 unspecified atom stereocenters. The highest BCUT2D eigenvalue weighted by atomic mass is 15.3. The van der Waals surface area contributed by atoms with Gasteiger partial charge in [-0.2, -0.15) is 0 Å². The summed E-state index contributed by atoms with van der Waals surface area (Å²) in [7, 11) is 0. The summed E-state index contributed by atoms with van der Waals surface area (Å²) in [5.74, 6) is 0.862. The van der Waals surface area contributed by atoms with Gasteiger partial charge in [-0.15, -0.1) is 0 Å². The molecule has 4 nitrogen and oxygen atoms in total. The van der Waals surface area contributed by atoms with E-state index in [4.69, 9.17) is 9.97 Å². The van der Waals surface area contributed by atoms with Crippen LogP contribution in [-0.4, -0.2) is 14.5 Å². The average Bonchev–Trinajstić information content (AvgIpc) is 3.46. The molecule has 6 aromatic carbocycles. The van der Waals surface area contributed by atoms with E-state index in [9.17, 15) is 0 Å². The van der Waals surface area contributed by atoms with Gasteiger partial charge in [0.05, 0.1) is 33.8 Å². The molecule has 216 valence electrons. The number of fused-ring (bicyclic) bond motifs is 7. The first kappa shape index (κ1) is 26.2. The number of hydrogen-bond acceptors (Lipinski definition) is 3. The Balaban J connectivity index is 1.27. The molecule has 0 bridgehead atoms. The summed E-state index contributed by atoms with van der Waals surface area (Å²) in [6.45, 7) is 0. The van der Waals surface area contributed by atoms with Crippen molar-refractivity contribution in [1.29, 1.82) is 0 Å². The number of imidazole rings is 1. The molecular formula is C42H28N4. The molecule has 3 heterocycles. The molecule has 0 N–H and O–H groups in total. The predicted molar refractivity (Wildman–Crippen MR) is 189 cm³/mol. The smallest absolute Gasteiger partial charge is 0.220 e. The quantitative estimate of drug-likeness (QED) is 0.205. The van der Waals surface area contributed by atoms with Gasteiger partial charge < -0.3 is 0 Å². The fourth-order valence-corrected chi connectivity index (χ4v) is 6.59. The second-order valence-electron chi connectivity index (χ2n) is 11.5. The molecule has 0 saturated carbocycles. The Labute approximate surface area is 267 Å². The first-order chi connectivity index (χ1) is 22.8. The second kappa shape index (κ2) is 10.7. The van der Waals surface area contributed by atoms with Crippen LogP contribution < -0.4 is 4.90 Å². The van der Waals surface area contributed by atoms with Crippen molar-refractivity contribution < 1.29 is 0 Å². The van der Waals surface area contributed by atoms with E-state index in [0.717, 1.165) is 67.7 Å². The van der Waals surface area contributed by atoms with E-state index in [1.807, 2.05) is 12.1 Å². The normalized spacial score (nSPS) is 11.9. The van der Waals surface area contributed by atoms with E-state index < -0.39 is 0 Å². The van der Waals surface area contributed by atoms with E-state index in [1.54, 1.807) is 0 Å². The van der Waals surface area contributed by atoms with Crippen LogP contribution in [0.3, 0.4) is 0 Å². The fraction of sp³-hybridized carbons (Fsp3) is 0. The van der Waals surface area contributed by atoms with E-state index in [2.05, 4.69) is 167 Å². The minimum absolute atomic E-state index is 0.862. The maximum atomic E-state index is 5.26. The van der Waals surface area contributed by atoms with E-state index in [1.165, 1.54) is 11.1 Å². The summed E-state index contributed by atoms with van der Waals surface area (Å²) in [5.41, 5.74) is 13.9. The zero-order chi connectivity index (χ0) is 30.5. The largest absolute Gasteiger partial charge is 0.280 e. The number of rotatable bonds is 4. The van der Waals surface area contributed by atoms with E-state index in [0.29, 0.717) is 0 Å². The van der Waals surface area contributed by atoms with Crippen LogP contribution in [0.1, 0.15) is 0 Å². The minimum Gasteiger partial charge on any atom is -0.280 e. The zero-order valence-corrected chi connectivity index (χ0v) is 25.0. The number of aromatic nitrogens is 3. The van der Waals surface area contributed by atoms with Gasteiger partial charge in [0.2, 0.25) is 5.95 Å². The molecule has 9 rings (SSSR count). The lowest BCUT2D eigenvalue weighted by Crippen LogP contribution is -2.14. The van der Waals surface area contributed by atoms with Crippen LogP contribution in [0.25, 0.3) is 61.5 Å². The van der Waals surface area contributed by atoms with Gasteiger partial charge in [-0.3, -0.25) is 9.47 Å². The number of benzene rings is 6. The first-order valence-electron chi connectivity index (χ1n) is 15.5. The van der Waals surface area contributed by atoms with Crippen LogP contribution in [0.4, 0.5) is 17.3 Å². The number of hydrogen-bond donors (Lipinski definition) is 0. The SMILES string of the molecule is c1ccc(-c2cc(-c3cccc(N4c5ccccc5-c5ccccc5-n5c4nc4ccccc45)c3)cc(-c3ccccc3)n2)cc1. The maximum Gasteiger partial charge on any atom is 0.220 e. The Morgan fingerprint density at radius 2 is 0.957 bits per heavy atom. The Morgan fingerprint density at radius 3 is 1.67 bits per heavy atom. The monoisotopic (exact) mass is 588 g/mol. The molecule has 0 fully saturated rings. The molecule has 1 aliphatic heterocycles. The van der Waals surface area contributed by atoms with Crippen molar-refractivity contribution in [2.24, 2.45) is 0 Å². The lowest BCUT2D eigenvalue weighted by atomic mass is 9.99. The van der Waals surface area contributed by atoms with Gasteiger partial charge in [-0.1, -0.05) is 121 Å². The minimum atomic E-state index is 0.862. The Morgan fingerprint density at radius 1 is 0.391 bits per heavy atom. The molecule has 0 spiro atoms. The van der Waals surface area contributed by atoms with Gasteiger partial charge in [0.25, 0.3) is 0 Å². The molecule has 4 heteroatoms. The van der Waals surface area contributed by atoms with Crippen molar-refractivity contribution in [1.82, 2.24) is 14.5 Å². The van der Waals surface area contributed by atoms with Gasteiger partial charge in [0, 0.05) is 27.9 Å². The Bertz CT molecular complexity index is 2320. The van der Waals surface area contributed by atoms with Gasteiger partial charge in [-0.05, 0) is 59.7 Å². The summed E-state index contributed by atoms with van der Waals surface area (Å²) < 4.78 is 2.30. The third-order valence-corrected chi connectivity index (χ3v) is 8.73. The molecule has 0 aliphatic carbocycles. The number of nitrogens with zero attached hydrogens (tertiary/aromatic N) is 4. The first-order valence-corrected chi connectivity index (χ1v) is 15.5. The molecular weight excluding hydrogens is 560 g/mol. The van der Waals surface area contributed by atoms with Gasteiger partial charge in [0.1, 0.15) is 0 Å². The van der Waals surface area contributed by atoms with Gasteiger partial charge in [-0.25, -0.2) is 9.97 Å². The number of para-hydroxylation sites is 4. The molecule has 2 aromatic heterocycles. The summed E-state index contributed by atoms with van der Waals surface area (Å²) in [5, 5.41) is 0. The third kappa shape index (κ3) is 4.31. The highest BCUT2D eigenvalue weighted by Gasteiger charge is 2.29. The van der Waals surface area contributed by atoms with Crippen LogP contribution >= 0.6 is 0 Å².